The van der Waals surface area contributed by atoms with Crippen molar-refractivity contribution in [2.75, 3.05) is 0 Å². The van der Waals surface area contributed by atoms with Gasteiger partial charge in [0.05, 0.1) is 16.1 Å². The summed E-state index contributed by atoms with van der Waals surface area (Å²) >= 11 is 7.51. The molecule has 1 N–H and O–H groups in total. The number of aromatic amines is 1. The van der Waals surface area contributed by atoms with Gasteiger partial charge >= 0.3 is 0 Å². The highest BCUT2D eigenvalue weighted by molar-refractivity contribution is 7.99. The van der Waals surface area contributed by atoms with Crippen LogP contribution in [0.15, 0.2) is 46.5 Å². The van der Waals surface area contributed by atoms with Gasteiger partial charge in [-0.05, 0) is 42.8 Å². The quantitative estimate of drug-likeness (QED) is 0.725. The smallest absolute Gasteiger partial charge is 0.171 e. The molecular weight excluding hydrogens is 292 g/mol. The summed E-state index contributed by atoms with van der Waals surface area (Å²) in [5.74, 6) is 0. The lowest BCUT2D eigenvalue weighted by atomic mass is 10.2. The minimum absolute atomic E-state index is 0.456. The van der Waals surface area contributed by atoms with Crippen LogP contribution in [0.2, 0.25) is 5.02 Å². The number of hydrogen-bond acceptors (Lipinski definition) is 3. The summed E-state index contributed by atoms with van der Waals surface area (Å²) < 4.78 is 0. The van der Waals surface area contributed by atoms with Crippen molar-refractivity contribution in [3.05, 3.63) is 52.5 Å². The maximum atomic E-state index is 10.7. The monoisotopic (exact) mass is 302 g/mol. The zero-order chi connectivity index (χ0) is 14.1. The molecule has 0 bridgehead atoms. The Kier molecular flexibility index (Phi) is 3.51. The van der Waals surface area contributed by atoms with E-state index in [4.69, 9.17) is 11.6 Å². The molecule has 0 unspecified atom stereocenters. The van der Waals surface area contributed by atoms with Crippen LogP contribution in [0.3, 0.4) is 0 Å². The normalized spacial score (nSPS) is 10.9. The van der Waals surface area contributed by atoms with Crippen molar-refractivity contribution in [3.63, 3.8) is 0 Å². The van der Waals surface area contributed by atoms with Gasteiger partial charge in [0.25, 0.3) is 0 Å². The predicted octanol–water partition coefficient (Wildman–Crippen LogP) is 4.49. The van der Waals surface area contributed by atoms with Gasteiger partial charge in [0, 0.05) is 10.5 Å². The average molecular weight is 303 g/mol. The number of aryl methyl sites for hydroxylation is 1. The Morgan fingerprint density at radius 3 is 2.85 bits per heavy atom. The molecule has 0 saturated heterocycles. The molecular formula is C15H11ClN2OS. The Labute approximate surface area is 125 Å². The third-order valence-corrected chi connectivity index (χ3v) is 4.13. The number of aldehydes is 1. The molecule has 0 atom stereocenters. The molecule has 1 heterocycles. The fraction of sp³-hybridized carbons (Fsp3) is 0.0667. The predicted molar refractivity (Wildman–Crippen MR) is 81.8 cm³/mol. The van der Waals surface area contributed by atoms with Crippen molar-refractivity contribution >= 4 is 40.7 Å². The van der Waals surface area contributed by atoms with Crippen molar-refractivity contribution in [2.24, 2.45) is 0 Å². The number of nitrogens with one attached hydrogen (secondary N) is 1. The number of aromatic nitrogens is 2. The molecule has 5 heteroatoms. The van der Waals surface area contributed by atoms with E-state index < -0.39 is 0 Å². The van der Waals surface area contributed by atoms with Gasteiger partial charge in [-0.3, -0.25) is 4.79 Å². The summed E-state index contributed by atoms with van der Waals surface area (Å²) in [4.78, 5) is 19.5. The van der Waals surface area contributed by atoms with Gasteiger partial charge in [-0.1, -0.05) is 29.4 Å². The minimum atomic E-state index is 0.456. The number of carbonyl (C=O) groups excluding carboxylic acids is 1. The van der Waals surface area contributed by atoms with Crippen molar-refractivity contribution in [1.29, 1.82) is 0 Å². The molecule has 0 fully saturated rings. The molecule has 0 aliphatic heterocycles. The molecule has 1 aromatic heterocycles. The van der Waals surface area contributed by atoms with Crippen molar-refractivity contribution in [1.82, 2.24) is 9.97 Å². The number of benzene rings is 2. The number of hydrogen-bond donors (Lipinski definition) is 1. The van der Waals surface area contributed by atoms with Crippen LogP contribution < -0.4 is 0 Å². The summed E-state index contributed by atoms with van der Waals surface area (Å²) in [5, 5.41) is 1.26. The van der Waals surface area contributed by atoms with E-state index in [0.717, 1.165) is 27.4 Å². The summed E-state index contributed by atoms with van der Waals surface area (Å²) in [5.41, 5.74) is 3.64. The SMILES string of the molecule is Cc1ccc2nc(Sc3ccc(C=O)c(Cl)c3)[nH]c2c1. The molecule has 0 radical (unpaired) electrons. The summed E-state index contributed by atoms with van der Waals surface area (Å²) in [7, 11) is 0. The molecule has 3 rings (SSSR count). The molecule has 0 saturated carbocycles. The molecule has 0 amide bonds. The lowest BCUT2D eigenvalue weighted by Crippen LogP contribution is -1.83. The highest BCUT2D eigenvalue weighted by Gasteiger charge is 2.07. The second-order valence-corrected chi connectivity index (χ2v) is 5.94. The third kappa shape index (κ3) is 2.57. The summed E-state index contributed by atoms with van der Waals surface area (Å²) in [6.07, 6.45) is 0.751. The van der Waals surface area contributed by atoms with Crippen molar-refractivity contribution in [3.8, 4) is 0 Å². The van der Waals surface area contributed by atoms with Crippen LogP contribution in [-0.2, 0) is 0 Å². The third-order valence-electron chi connectivity index (χ3n) is 2.93. The number of H-pyrrole nitrogens is 1. The zero-order valence-electron chi connectivity index (χ0n) is 10.7. The number of carbonyl (C=O) groups is 1. The zero-order valence-corrected chi connectivity index (χ0v) is 12.3. The number of fused-ring (bicyclic) bond motifs is 1. The molecule has 0 aliphatic carbocycles. The molecule has 2 aromatic carbocycles. The molecule has 3 nitrogen and oxygen atoms in total. The largest absolute Gasteiger partial charge is 0.333 e. The Hall–Kier alpha value is -1.78. The highest BCUT2D eigenvalue weighted by atomic mass is 35.5. The van der Waals surface area contributed by atoms with Gasteiger partial charge in [0.2, 0.25) is 0 Å². The van der Waals surface area contributed by atoms with Gasteiger partial charge in [-0.25, -0.2) is 4.98 Å². The van der Waals surface area contributed by atoms with Gasteiger partial charge in [0.1, 0.15) is 0 Å². The van der Waals surface area contributed by atoms with Gasteiger partial charge < -0.3 is 4.98 Å². The van der Waals surface area contributed by atoms with E-state index in [1.165, 1.54) is 17.3 Å². The number of rotatable bonds is 3. The first-order chi connectivity index (χ1) is 9.65. The molecule has 20 heavy (non-hydrogen) atoms. The Morgan fingerprint density at radius 2 is 2.10 bits per heavy atom. The van der Waals surface area contributed by atoms with E-state index in [1.54, 1.807) is 12.1 Å². The van der Waals surface area contributed by atoms with Crippen LogP contribution in [0.4, 0.5) is 0 Å². The van der Waals surface area contributed by atoms with Crippen LogP contribution in [0.1, 0.15) is 15.9 Å². The Morgan fingerprint density at radius 1 is 1.25 bits per heavy atom. The molecule has 0 aliphatic rings. The highest BCUT2D eigenvalue weighted by Crippen LogP contribution is 2.30. The van der Waals surface area contributed by atoms with E-state index in [2.05, 4.69) is 16.0 Å². The van der Waals surface area contributed by atoms with Crippen LogP contribution in [0.5, 0.6) is 0 Å². The van der Waals surface area contributed by atoms with E-state index in [0.29, 0.717) is 10.6 Å². The maximum absolute atomic E-state index is 10.7. The van der Waals surface area contributed by atoms with Gasteiger partial charge in [-0.2, -0.15) is 0 Å². The second kappa shape index (κ2) is 5.31. The Balaban J connectivity index is 1.92. The lowest BCUT2D eigenvalue weighted by molar-refractivity contribution is 0.112. The Bertz CT molecular complexity index is 798. The fourth-order valence-electron chi connectivity index (χ4n) is 1.93. The number of halogens is 1. The first-order valence-corrected chi connectivity index (χ1v) is 7.24. The standard InChI is InChI=1S/C15H11ClN2OS/c1-9-2-5-13-14(6-9)18-15(17-13)20-11-4-3-10(8-19)12(16)7-11/h2-8H,1H3,(H,17,18). The summed E-state index contributed by atoms with van der Waals surface area (Å²) in [6, 6.07) is 11.4. The number of imidazole rings is 1. The summed E-state index contributed by atoms with van der Waals surface area (Å²) in [6.45, 7) is 2.05. The average Bonchev–Trinajstić information content (AvgIpc) is 2.80. The van der Waals surface area contributed by atoms with Crippen molar-refractivity contribution in [2.45, 2.75) is 17.0 Å². The van der Waals surface area contributed by atoms with Gasteiger partial charge in [0.15, 0.2) is 11.4 Å². The number of nitrogens with zero attached hydrogens (tertiary/aromatic N) is 1. The minimum Gasteiger partial charge on any atom is -0.333 e. The maximum Gasteiger partial charge on any atom is 0.171 e. The fourth-order valence-corrected chi connectivity index (χ4v) is 3.06. The van der Waals surface area contributed by atoms with E-state index in [1.807, 2.05) is 25.1 Å². The molecule has 100 valence electrons. The molecule has 3 aromatic rings. The van der Waals surface area contributed by atoms with Crippen molar-refractivity contribution < 1.29 is 4.79 Å². The van der Waals surface area contributed by atoms with E-state index in [9.17, 15) is 4.79 Å². The van der Waals surface area contributed by atoms with Crippen LogP contribution in [0.25, 0.3) is 11.0 Å². The van der Waals surface area contributed by atoms with E-state index in [-0.39, 0.29) is 0 Å². The lowest BCUT2D eigenvalue weighted by Gasteiger charge is -2.00. The van der Waals surface area contributed by atoms with E-state index >= 15 is 0 Å². The molecule has 0 spiro atoms. The van der Waals surface area contributed by atoms with Crippen LogP contribution >= 0.6 is 23.4 Å². The second-order valence-electron chi connectivity index (χ2n) is 4.47. The first kappa shape index (κ1) is 13.2. The first-order valence-electron chi connectivity index (χ1n) is 6.04. The van der Waals surface area contributed by atoms with Crippen LogP contribution in [-0.4, -0.2) is 16.3 Å². The van der Waals surface area contributed by atoms with Gasteiger partial charge in [-0.15, -0.1) is 0 Å². The van der Waals surface area contributed by atoms with Crippen LogP contribution in [0, 0.1) is 6.92 Å². The topological polar surface area (TPSA) is 45.8 Å².